The van der Waals surface area contributed by atoms with Gasteiger partial charge in [0.2, 0.25) is 5.91 Å². The van der Waals surface area contributed by atoms with E-state index in [1.807, 2.05) is 0 Å². The Bertz CT molecular complexity index is 597. The highest BCUT2D eigenvalue weighted by Crippen LogP contribution is 2.13. The summed E-state index contributed by atoms with van der Waals surface area (Å²) in [5.41, 5.74) is 3.33. The second kappa shape index (κ2) is 9.70. The summed E-state index contributed by atoms with van der Waals surface area (Å²) in [4.78, 5) is 23.6. The minimum Gasteiger partial charge on any atom is -0.444 e. The summed E-state index contributed by atoms with van der Waals surface area (Å²) in [5.74, 6) is 1.23. The van der Waals surface area contributed by atoms with Gasteiger partial charge in [0, 0.05) is 0 Å². The molecule has 0 spiro atoms. The maximum absolute atomic E-state index is 12.0. The summed E-state index contributed by atoms with van der Waals surface area (Å²) in [6, 6.07) is 5.84. The third kappa shape index (κ3) is 8.82. The van der Waals surface area contributed by atoms with E-state index in [-0.39, 0.29) is 5.91 Å². The Morgan fingerprint density at radius 1 is 1.24 bits per heavy atom. The number of hydrogen-bond donors (Lipinski definition) is 2. The Morgan fingerprint density at radius 3 is 2.52 bits per heavy atom. The van der Waals surface area contributed by atoms with Crippen molar-refractivity contribution < 1.29 is 14.3 Å². The van der Waals surface area contributed by atoms with E-state index in [1.54, 1.807) is 39.5 Å². The number of nitrogens with one attached hydrogen (secondary N) is 2. The van der Waals surface area contributed by atoms with Crippen molar-refractivity contribution in [3.8, 4) is 0 Å². The van der Waals surface area contributed by atoms with Gasteiger partial charge in [0.25, 0.3) is 0 Å². The van der Waals surface area contributed by atoms with Gasteiger partial charge in [-0.15, -0.1) is 11.8 Å². The zero-order valence-electron chi connectivity index (χ0n) is 16.1. The lowest BCUT2D eigenvalue weighted by Gasteiger charge is -2.21. The van der Waals surface area contributed by atoms with Crippen molar-refractivity contribution in [1.82, 2.24) is 10.6 Å². The molecule has 0 aliphatic heterocycles. The summed E-state index contributed by atoms with van der Waals surface area (Å²) < 4.78 is 5.13. The normalized spacial score (nSPS) is 12.4. The van der Waals surface area contributed by atoms with E-state index < -0.39 is 17.7 Å². The number of thioether (sulfide) groups is 1. The lowest BCUT2D eigenvalue weighted by Crippen LogP contribution is -2.46. The number of ether oxygens (including phenoxy) is 1. The van der Waals surface area contributed by atoms with Crippen molar-refractivity contribution in [2.75, 3.05) is 11.6 Å². The average Bonchev–Trinajstić information content (AvgIpc) is 2.46. The van der Waals surface area contributed by atoms with Crippen molar-refractivity contribution >= 4 is 23.8 Å². The predicted octanol–water partition coefficient (Wildman–Crippen LogP) is 3.57. The number of aryl methyl sites for hydroxylation is 3. The van der Waals surface area contributed by atoms with Crippen LogP contribution in [0.2, 0.25) is 0 Å². The van der Waals surface area contributed by atoms with Crippen LogP contribution in [0.15, 0.2) is 18.2 Å². The van der Waals surface area contributed by atoms with Crippen molar-refractivity contribution in [1.29, 1.82) is 0 Å². The molecule has 25 heavy (non-hydrogen) atoms. The number of benzene rings is 1. The van der Waals surface area contributed by atoms with Crippen molar-refractivity contribution in [2.24, 2.45) is 0 Å². The predicted molar refractivity (Wildman–Crippen MR) is 104 cm³/mol. The molecule has 2 N–H and O–H groups in total. The molecule has 140 valence electrons. The molecule has 0 saturated heterocycles. The van der Waals surface area contributed by atoms with Crippen LogP contribution in [0.5, 0.6) is 0 Å². The first kappa shape index (κ1) is 21.4. The van der Waals surface area contributed by atoms with Crippen LogP contribution in [0.3, 0.4) is 0 Å². The molecule has 1 atom stereocenters. The van der Waals surface area contributed by atoms with Gasteiger partial charge in [0.15, 0.2) is 0 Å². The van der Waals surface area contributed by atoms with Crippen LogP contribution in [0.1, 0.15) is 44.4 Å². The Morgan fingerprint density at radius 2 is 1.92 bits per heavy atom. The highest BCUT2D eigenvalue weighted by atomic mass is 32.2. The molecule has 0 aliphatic rings. The van der Waals surface area contributed by atoms with E-state index in [0.717, 1.165) is 12.2 Å². The summed E-state index contributed by atoms with van der Waals surface area (Å²) in [6.07, 6.45) is 0.385. The molecule has 0 aromatic heterocycles. The van der Waals surface area contributed by atoms with Gasteiger partial charge >= 0.3 is 6.09 Å². The van der Waals surface area contributed by atoms with Gasteiger partial charge in [0.05, 0.1) is 5.88 Å². The monoisotopic (exact) mass is 366 g/mol. The molecular formula is C19H30N2O3S. The molecule has 2 amide bonds. The van der Waals surface area contributed by atoms with Gasteiger partial charge in [0.1, 0.15) is 11.6 Å². The molecule has 0 saturated carbocycles. The Balaban J connectivity index is 2.24. The fraction of sp³-hybridized carbons (Fsp3) is 0.579. The number of alkyl carbamates (subject to hydrolysis) is 1. The van der Waals surface area contributed by atoms with Crippen LogP contribution in [0.4, 0.5) is 4.79 Å². The summed E-state index contributed by atoms with van der Waals surface area (Å²) >= 11 is 1.66. The molecule has 5 nitrogen and oxygen atoms in total. The van der Waals surface area contributed by atoms with Crippen LogP contribution in [-0.2, 0) is 16.0 Å². The highest BCUT2D eigenvalue weighted by Gasteiger charge is 2.20. The van der Waals surface area contributed by atoms with Crippen molar-refractivity contribution in [3.63, 3.8) is 0 Å². The minimum atomic E-state index is -0.630. The van der Waals surface area contributed by atoms with E-state index in [9.17, 15) is 9.59 Å². The Labute approximate surface area is 155 Å². The van der Waals surface area contributed by atoms with Crippen molar-refractivity contribution in [2.45, 2.75) is 59.6 Å². The molecule has 0 radical (unpaired) electrons. The fourth-order valence-corrected chi connectivity index (χ4v) is 2.96. The molecule has 0 unspecified atom stereocenters. The third-order valence-corrected chi connectivity index (χ3v) is 4.33. The fourth-order valence-electron chi connectivity index (χ4n) is 2.21. The summed E-state index contributed by atoms with van der Waals surface area (Å²) in [7, 11) is 0. The quantitative estimate of drug-likeness (QED) is 0.572. The molecule has 0 bridgehead atoms. The van der Waals surface area contributed by atoms with Gasteiger partial charge in [-0.05, 0) is 64.8 Å². The lowest BCUT2D eigenvalue weighted by atomic mass is 10.0. The van der Waals surface area contributed by atoms with Crippen LogP contribution in [0, 0.1) is 13.8 Å². The van der Waals surface area contributed by atoms with Crippen LogP contribution >= 0.6 is 11.8 Å². The van der Waals surface area contributed by atoms with E-state index in [4.69, 9.17) is 4.74 Å². The van der Waals surface area contributed by atoms with Crippen LogP contribution in [0.25, 0.3) is 0 Å². The first-order valence-corrected chi connectivity index (χ1v) is 9.65. The maximum atomic E-state index is 12.0. The molecule has 1 rings (SSSR count). The number of hydrogen-bond acceptors (Lipinski definition) is 4. The zero-order valence-corrected chi connectivity index (χ0v) is 16.9. The molecule has 1 aromatic carbocycles. The van der Waals surface area contributed by atoms with E-state index in [2.05, 4.69) is 42.7 Å². The van der Waals surface area contributed by atoms with Gasteiger partial charge in [-0.1, -0.05) is 23.8 Å². The standard InChI is InChI=1S/C19H30N2O3S/c1-13-7-8-16(14(2)11-13)9-10-25-12-20-17(22)15(3)21-18(23)24-19(4,5)6/h7-8,11,15H,9-10,12H2,1-6H3,(H,20,22)(H,21,23)/t15-/m0/s1. The zero-order chi connectivity index (χ0) is 19.0. The number of rotatable bonds is 7. The molecule has 0 aliphatic carbocycles. The first-order chi connectivity index (χ1) is 11.6. The average molecular weight is 367 g/mol. The van der Waals surface area contributed by atoms with Gasteiger partial charge in [-0.2, -0.15) is 0 Å². The first-order valence-electron chi connectivity index (χ1n) is 8.49. The Kier molecular flexibility index (Phi) is 8.29. The third-order valence-electron chi connectivity index (χ3n) is 3.49. The van der Waals surface area contributed by atoms with Gasteiger partial charge in [-0.3, -0.25) is 4.79 Å². The lowest BCUT2D eigenvalue weighted by molar-refractivity contribution is -0.122. The molecule has 0 fully saturated rings. The minimum absolute atomic E-state index is 0.218. The molecule has 6 heteroatoms. The van der Waals surface area contributed by atoms with Gasteiger partial charge in [-0.25, -0.2) is 4.79 Å². The van der Waals surface area contributed by atoms with Crippen LogP contribution < -0.4 is 10.6 Å². The van der Waals surface area contributed by atoms with E-state index >= 15 is 0 Å². The molecule has 1 aromatic rings. The molecular weight excluding hydrogens is 336 g/mol. The number of amides is 2. The molecule has 0 heterocycles. The van der Waals surface area contributed by atoms with E-state index in [1.165, 1.54) is 16.7 Å². The number of carbonyl (C=O) groups is 2. The van der Waals surface area contributed by atoms with Crippen molar-refractivity contribution in [3.05, 3.63) is 34.9 Å². The topological polar surface area (TPSA) is 67.4 Å². The highest BCUT2D eigenvalue weighted by molar-refractivity contribution is 7.99. The smallest absolute Gasteiger partial charge is 0.408 e. The summed E-state index contributed by atoms with van der Waals surface area (Å²) in [5, 5.41) is 5.35. The SMILES string of the molecule is Cc1ccc(CCSCNC(=O)[C@H](C)NC(=O)OC(C)(C)C)c(C)c1. The van der Waals surface area contributed by atoms with E-state index in [0.29, 0.717) is 5.88 Å². The maximum Gasteiger partial charge on any atom is 0.408 e. The summed E-state index contributed by atoms with van der Waals surface area (Å²) in [6.45, 7) is 11.2. The largest absolute Gasteiger partial charge is 0.444 e. The second-order valence-corrected chi connectivity index (χ2v) is 8.25. The van der Waals surface area contributed by atoms with Crippen LogP contribution in [-0.4, -0.2) is 35.3 Å². The van der Waals surface area contributed by atoms with Gasteiger partial charge < -0.3 is 15.4 Å². The Hall–Kier alpha value is -1.69. The second-order valence-electron chi connectivity index (χ2n) is 7.14. The number of carbonyl (C=O) groups excluding carboxylic acids is 2.